The van der Waals surface area contributed by atoms with Crippen molar-refractivity contribution in [2.24, 2.45) is 0 Å². The number of hydrogen-bond donors (Lipinski definition) is 1. The van der Waals surface area contributed by atoms with Crippen LogP contribution in [0.2, 0.25) is 0 Å². The van der Waals surface area contributed by atoms with E-state index in [4.69, 9.17) is 9.84 Å². The zero-order chi connectivity index (χ0) is 10.3. The molecule has 78 valence electrons. The Bertz CT molecular complexity index is 143. The average Bonchev–Trinajstić information content (AvgIpc) is 1.98. The van der Waals surface area contributed by atoms with Crippen LogP contribution in [0.5, 0.6) is 0 Å². The molecule has 0 aromatic carbocycles. The molecule has 0 spiro atoms. The van der Waals surface area contributed by atoms with E-state index in [9.17, 15) is 4.79 Å². The number of rotatable bonds is 6. The summed E-state index contributed by atoms with van der Waals surface area (Å²) in [4.78, 5) is 11.0. The Kier molecular flexibility index (Phi) is 6.59. The molecule has 0 aliphatic carbocycles. The normalized spacial score (nSPS) is 15.1. The zero-order valence-corrected chi connectivity index (χ0v) is 8.75. The standard InChI is InChI=1S/C10H20O3/c1-4-5-6-9(3)13-10(12)7-8(2)11/h8-9,11H,4-7H2,1-3H3. The maximum atomic E-state index is 11.0. The third-order valence-corrected chi connectivity index (χ3v) is 1.76. The van der Waals surface area contributed by atoms with E-state index in [1.807, 2.05) is 6.92 Å². The molecule has 3 heteroatoms. The molecule has 2 unspecified atom stereocenters. The smallest absolute Gasteiger partial charge is 0.308 e. The third kappa shape index (κ3) is 7.78. The number of unbranched alkanes of at least 4 members (excludes halogenated alkanes) is 1. The molecule has 0 saturated carbocycles. The molecule has 0 bridgehead atoms. The first-order chi connectivity index (χ1) is 6.06. The highest BCUT2D eigenvalue weighted by Crippen LogP contribution is 2.05. The average molecular weight is 188 g/mol. The second-order valence-electron chi connectivity index (χ2n) is 3.50. The molecule has 2 atom stereocenters. The quantitative estimate of drug-likeness (QED) is 0.647. The summed E-state index contributed by atoms with van der Waals surface area (Å²) >= 11 is 0. The van der Waals surface area contributed by atoms with E-state index in [2.05, 4.69) is 6.92 Å². The van der Waals surface area contributed by atoms with E-state index in [0.717, 1.165) is 19.3 Å². The fourth-order valence-corrected chi connectivity index (χ4v) is 1.06. The van der Waals surface area contributed by atoms with Crippen molar-refractivity contribution in [3.8, 4) is 0 Å². The molecule has 0 aliphatic rings. The van der Waals surface area contributed by atoms with Crippen molar-refractivity contribution >= 4 is 5.97 Å². The highest BCUT2D eigenvalue weighted by Gasteiger charge is 2.11. The minimum atomic E-state index is -0.606. The van der Waals surface area contributed by atoms with E-state index in [0.29, 0.717) is 0 Å². The number of ether oxygens (including phenoxy) is 1. The monoisotopic (exact) mass is 188 g/mol. The number of carbonyl (C=O) groups excluding carboxylic acids is 1. The van der Waals surface area contributed by atoms with Gasteiger partial charge in [0, 0.05) is 0 Å². The van der Waals surface area contributed by atoms with Crippen LogP contribution >= 0.6 is 0 Å². The summed E-state index contributed by atoms with van der Waals surface area (Å²) in [6.45, 7) is 5.57. The van der Waals surface area contributed by atoms with Gasteiger partial charge in [-0.2, -0.15) is 0 Å². The minimum absolute atomic E-state index is 0.0220. The summed E-state index contributed by atoms with van der Waals surface area (Å²) in [6.07, 6.45) is 2.55. The maximum Gasteiger partial charge on any atom is 0.308 e. The van der Waals surface area contributed by atoms with E-state index >= 15 is 0 Å². The van der Waals surface area contributed by atoms with Crippen LogP contribution in [0.15, 0.2) is 0 Å². The van der Waals surface area contributed by atoms with E-state index in [-0.39, 0.29) is 18.5 Å². The molecule has 0 fully saturated rings. The number of carbonyl (C=O) groups is 1. The van der Waals surface area contributed by atoms with Gasteiger partial charge in [0.1, 0.15) is 0 Å². The molecule has 0 aromatic rings. The van der Waals surface area contributed by atoms with E-state index in [1.165, 1.54) is 0 Å². The first kappa shape index (κ1) is 12.4. The Morgan fingerprint density at radius 1 is 1.46 bits per heavy atom. The molecular formula is C10H20O3. The highest BCUT2D eigenvalue weighted by atomic mass is 16.5. The molecular weight excluding hydrogens is 168 g/mol. The topological polar surface area (TPSA) is 46.5 Å². The van der Waals surface area contributed by atoms with E-state index in [1.54, 1.807) is 6.92 Å². The number of hydrogen-bond acceptors (Lipinski definition) is 3. The molecule has 0 radical (unpaired) electrons. The van der Waals surface area contributed by atoms with Gasteiger partial charge in [0.2, 0.25) is 0 Å². The second kappa shape index (κ2) is 6.89. The Balaban J connectivity index is 3.53. The molecule has 0 aliphatic heterocycles. The molecule has 0 rings (SSSR count). The van der Waals surface area contributed by atoms with Crippen molar-refractivity contribution < 1.29 is 14.6 Å². The fourth-order valence-electron chi connectivity index (χ4n) is 1.06. The van der Waals surface area contributed by atoms with Crippen LogP contribution in [0.25, 0.3) is 0 Å². The van der Waals surface area contributed by atoms with Crippen molar-refractivity contribution in [1.29, 1.82) is 0 Å². The van der Waals surface area contributed by atoms with Crippen molar-refractivity contribution in [2.45, 2.75) is 58.7 Å². The summed E-state index contributed by atoms with van der Waals surface area (Å²) in [7, 11) is 0. The van der Waals surface area contributed by atoms with Gasteiger partial charge in [0.05, 0.1) is 18.6 Å². The molecule has 3 nitrogen and oxygen atoms in total. The van der Waals surface area contributed by atoms with Gasteiger partial charge in [-0.15, -0.1) is 0 Å². The van der Waals surface area contributed by atoms with Crippen molar-refractivity contribution in [2.75, 3.05) is 0 Å². The van der Waals surface area contributed by atoms with Gasteiger partial charge in [-0.25, -0.2) is 0 Å². The first-order valence-electron chi connectivity index (χ1n) is 4.93. The number of aliphatic hydroxyl groups is 1. The summed E-state index contributed by atoms with van der Waals surface area (Å²) in [5, 5.41) is 8.91. The van der Waals surface area contributed by atoms with Gasteiger partial charge in [0.25, 0.3) is 0 Å². The Labute approximate surface area is 80.1 Å². The molecule has 13 heavy (non-hydrogen) atoms. The molecule has 0 aromatic heterocycles. The Hall–Kier alpha value is -0.570. The van der Waals surface area contributed by atoms with Gasteiger partial charge < -0.3 is 9.84 Å². The van der Waals surface area contributed by atoms with Gasteiger partial charge in [0.15, 0.2) is 0 Å². The Morgan fingerprint density at radius 2 is 2.08 bits per heavy atom. The summed E-state index contributed by atoms with van der Waals surface area (Å²) in [5.74, 6) is -0.307. The molecule has 0 saturated heterocycles. The van der Waals surface area contributed by atoms with Crippen molar-refractivity contribution in [3.63, 3.8) is 0 Å². The maximum absolute atomic E-state index is 11.0. The van der Waals surface area contributed by atoms with Gasteiger partial charge >= 0.3 is 5.97 Å². The largest absolute Gasteiger partial charge is 0.463 e. The lowest BCUT2D eigenvalue weighted by Gasteiger charge is -2.13. The molecule has 0 heterocycles. The van der Waals surface area contributed by atoms with Crippen molar-refractivity contribution in [1.82, 2.24) is 0 Å². The highest BCUT2D eigenvalue weighted by molar-refractivity contribution is 5.70. The van der Waals surface area contributed by atoms with Crippen LogP contribution < -0.4 is 0 Å². The molecule has 1 N–H and O–H groups in total. The van der Waals surface area contributed by atoms with Gasteiger partial charge in [-0.3, -0.25) is 4.79 Å². The number of aliphatic hydroxyl groups excluding tert-OH is 1. The third-order valence-electron chi connectivity index (χ3n) is 1.76. The summed E-state index contributed by atoms with van der Waals surface area (Å²) in [6, 6.07) is 0. The van der Waals surface area contributed by atoms with Crippen LogP contribution in [0.1, 0.15) is 46.5 Å². The zero-order valence-electron chi connectivity index (χ0n) is 8.75. The molecule has 0 amide bonds. The second-order valence-corrected chi connectivity index (χ2v) is 3.50. The first-order valence-corrected chi connectivity index (χ1v) is 4.93. The van der Waals surface area contributed by atoms with Crippen LogP contribution in [-0.2, 0) is 9.53 Å². The van der Waals surface area contributed by atoms with Crippen molar-refractivity contribution in [3.05, 3.63) is 0 Å². The van der Waals surface area contributed by atoms with E-state index < -0.39 is 6.10 Å². The fraction of sp³-hybridized carbons (Fsp3) is 0.900. The van der Waals surface area contributed by atoms with Crippen LogP contribution in [-0.4, -0.2) is 23.3 Å². The summed E-state index contributed by atoms with van der Waals surface area (Å²) < 4.78 is 5.06. The lowest BCUT2D eigenvalue weighted by atomic mass is 10.2. The minimum Gasteiger partial charge on any atom is -0.463 e. The van der Waals surface area contributed by atoms with Crippen LogP contribution in [0.4, 0.5) is 0 Å². The SMILES string of the molecule is CCCCC(C)OC(=O)CC(C)O. The predicted molar refractivity (Wildman–Crippen MR) is 51.4 cm³/mol. The van der Waals surface area contributed by atoms with Gasteiger partial charge in [-0.1, -0.05) is 19.8 Å². The Morgan fingerprint density at radius 3 is 2.54 bits per heavy atom. The summed E-state index contributed by atoms with van der Waals surface area (Å²) in [5.41, 5.74) is 0. The lowest BCUT2D eigenvalue weighted by molar-refractivity contribution is -0.150. The van der Waals surface area contributed by atoms with Crippen LogP contribution in [0.3, 0.4) is 0 Å². The number of esters is 1. The van der Waals surface area contributed by atoms with Gasteiger partial charge in [-0.05, 0) is 20.3 Å². The predicted octanol–water partition coefficient (Wildman–Crippen LogP) is 1.88. The lowest BCUT2D eigenvalue weighted by Crippen LogP contribution is -2.18. The van der Waals surface area contributed by atoms with Crippen LogP contribution in [0, 0.1) is 0 Å².